The van der Waals surface area contributed by atoms with Gasteiger partial charge < -0.3 is 19.1 Å². The van der Waals surface area contributed by atoms with Crippen LogP contribution in [0, 0.1) is 5.82 Å². The highest BCUT2D eigenvalue weighted by Crippen LogP contribution is 2.21. The van der Waals surface area contributed by atoms with Crippen LogP contribution in [0.3, 0.4) is 0 Å². The van der Waals surface area contributed by atoms with Gasteiger partial charge in [0.15, 0.2) is 18.2 Å². The van der Waals surface area contributed by atoms with Crippen molar-refractivity contribution < 1.29 is 37.0 Å². The summed E-state index contributed by atoms with van der Waals surface area (Å²) in [6, 6.07) is 9.55. The molecule has 0 aliphatic carbocycles. The molecule has 0 spiro atoms. The van der Waals surface area contributed by atoms with E-state index in [1.165, 1.54) is 55.5 Å². The number of carbonyl (C=O) groups is 2. The first-order valence-electron chi connectivity index (χ1n) is 8.09. The molecular formula is C19H18F3NO5. The van der Waals surface area contributed by atoms with Gasteiger partial charge in [0.05, 0.1) is 7.11 Å². The largest absolute Gasteiger partial charge is 0.494 e. The van der Waals surface area contributed by atoms with Crippen molar-refractivity contribution in [2.75, 3.05) is 20.8 Å². The van der Waals surface area contributed by atoms with Gasteiger partial charge in [0.25, 0.3) is 5.91 Å². The van der Waals surface area contributed by atoms with E-state index in [1.807, 2.05) is 0 Å². The summed E-state index contributed by atoms with van der Waals surface area (Å²) < 4.78 is 52.5. The van der Waals surface area contributed by atoms with Gasteiger partial charge in [0.1, 0.15) is 11.3 Å². The van der Waals surface area contributed by atoms with Crippen molar-refractivity contribution in [3.8, 4) is 11.5 Å². The first kappa shape index (κ1) is 21.1. The van der Waals surface area contributed by atoms with Crippen LogP contribution in [0.1, 0.15) is 15.9 Å². The number of hydrogen-bond acceptors (Lipinski definition) is 5. The molecule has 0 unspecified atom stereocenters. The Balaban J connectivity index is 1.94. The van der Waals surface area contributed by atoms with Crippen molar-refractivity contribution in [2.45, 2.75) is 13.2 Å². The maximum absolute atomic E-state index is 13.7. The Kier molecular flexibility index (Phi) is 7.25. The highest BCUT2D eigenvalue weighted by Gasteiger charge is 2.19. The summed E-state index contributed by atoms with van der Waals surface area (Å²) in [4.78, 5) is 25.4. The smallest absolute Gasteiger partial charge is 0.387 e. The zero-order valence-corrected chi connectivity index (χ0v) is 15.2. The summed E-state index contributed by atoms with van der Waals surface area (Å²) in [5, 5.41) is 0. The second-order valence-electron chi connectivity index (χ2n) is 5.67. The minimum Gasteiger partial charge on any atom is -0.494 e. The summed E-state index contributed by atoms with van der Waals surface area (Å²) in [7, 11) is 2.79. The van der Waals surface area contributed by atoms with Gasteiger partial charge >= 0.3 is 12.6 Å². The molecule has 0 aromatic heterocycles. The standard InChI is InChI=1S/C19H18F3NO5/c1-23(10-12-7-8-16(26-2)14(20)9-12)17(24)11-27-18(25)13-5-3-4-6-15(13)28-19(21)22/h3-9,19H,10-11H2,1-2H3. The van der Waals surface area contributed by atoms with Gasteiger partial charge in [-0.05, 0) is 29.8 Å². The Morgan fingerprint density at radius 1 is 1.11 bits per heavy atom. The second kappa shape index (κ2) is 9.63. The fourth-order valence-electron chi connectivity index (χ4n) is 2.32. The number of likely N-dealkylation sites (N-methyl/N-ethyl adjacent to an activating group) is 1. The molecule has 0 atom stereocenters. The number of para-hydroxylation sites is 1. The van der Waals surface area contributed by atoms with Gasteiger partial charge in [0.2, 0.25) is 0 Å². The minimum absolute atomic E-state index is 0.0718. The Morgan fingerprint density at radius 3 is 2.46 bits per heavy atom. The Hall–Kier alpha value is -3.23. The highest BCUT2D eigenvalue weighted by atomic mass is 19.3. The van der Waals surface area contributed by atoms with Crippen LogP contribution in [0.5, 0.6) is 11.5 Å². The zero-order chi connectivity index (χ0) is 20.7. The summed E-state index contributed by atoms with van der Waals surface area (Å²) >= 11 is 0. The van der Waals surface area contributed by atoms with Crippen LogP contribution in [-0.2, 0) is 16.1 Å². The molecule has 0 radical (unpaired) electrons. The number of benzene rings is 2. The number of halogens is 3. The third kappa shape index (κ3) is 5.63. The lowest BCUT2D eigenvalue weighted by atomic mass is 10.2. The number of esters is 1. The van der Waals surface area contributed by atoms with Crippen molar-refractivity contribution in [3.05, 3.63) is 59.4 Å². The van der Waals surface area contributed by atoms with E-state index in [0.29, 0.717) is 5.56 Å². The molecule has 9 heteroatoms. The second-order valence-corrected chi connectivity index (χ2v) is 5.67. The molecule has 0 saturated carbocycles. The van der Waals surface area contributed by atoms with Crippen LogP contribution in [0.2, 0.25) is 0 Å². The molecule has 6 nitrogen and oxygen atoms in total. The highest BCUT2D eigenvalue weighted by molar-refractivity contribution is 5.93. The van der Waals surface area contributed by atoms with Crippen LogP contribution >= 0.6 is 0 Å². The van der Waals surface area contributed by atoms with E-state index < -0.39 is 30.9 Å². The van der Waals surface area contributed by atoms with Gasteiger partial charge in [-0.1, -0.05) is 18.2 Å². The zero-order valence-electron chi connectivity index (χ0n) is 15.2. The van der Waals surface area contributed by atoms with E-state index in [9.17, 15) is 22.8 Å². The van der Waals surface area contributed by atoms with E-state index in [0.717, 1.165) is 0 Å². The molecule has 28 heavy (non-hydrogen) atoms. The molecule has 0 fully saturated rings. The molecule has 0 saturated heterocycles. The van der Waals surface area contributed by atoms with Crippen molar-refractivity contribution in [2.24, 2.45) is 0 Å². The average Bonchev–Trinajstić information content (AvgIpc) is 2.66. The average molecular weight is 397 g/mol. The molecule has 0 N–H and O–H groups in total. The third-order valence-corrected chi connectivity index (χ3v) is 3.71. The molecule has 0 aliphatic rings. The number of amides is 1. The van der Waals surface area contributed by atoms with E-state index in [2.05, 4.69) is 4.74 Å². The summed E-state index contributed by atoms with van der Waals surface area (Å²) in [6.45, 7) is -3.65. The summed E-state index contributed by atoms with van der Waals surface area (Å²) in [5.74, 6) is -2.37. The number of hydrogen-bond donors (Lipinski definition) is 0. The molecule has 0 bridgehead atoms. The predicted molar refractivity (Wildman–Crippen MR) is 92.8 cm³/mol. The Bertz CT molecular complexity index is 844. The lowest BCUT2D eigenvalue weighted by molar-refractivity contribution is -0.133. The van der Waals surface area contributed by atoms with Crippen LogP contribution in [-0.4, -0.2) is 44.2 Å². The van der Waals surface area contributed by atoms with Crippen molar-refractivity contribution in [3.63, 3.8) is 0 Å². The number of carbonyl (C=O) groups excluding carboxylic acids is 2. The molecule has 0 aliphatic heterocycles. The van der Waals surface area contributed by atoms with Crippen LogP contribution in [0.25, 0.3) is 0 Å². The number of ether oxygens (including phenoxy) is 3. The lowest BCUT2D eigenvalue weighted by Crippen LogP contribution is -2.31. The fraction of sp³-hybridized carbons (Fsp3) is 0.263. The minimum atomic E-state index is -3.10. The number of methoxy groups -OCH3 is 1. The van der Waals surface area contributed by atoms with Crippen molar-refractivity contribution in [1.29, 1.82) is 0 Å². The fourth-order valence-corrected chi connectivity index (χ4v) is 2.32. The Labute approximate surface area is 159 Å². The van der Waals surface area contributed by atoms with E-state index in [-0.39, 0.29) is 23.6 Å². The Morgan fingerprint density at radius 2 is 1.82 bits per heavy atom. The van der Waals surface area contributed by atoms with Crippen LogP contribution < -0.4 is 9.47 Å². The molecular weight excluding hydrogens is 379 g/mol. The number of nitrogens with zero attached hydrogens (tertiary/aromatic N) is 1. The maximum Gasteiger partial charge on any atom is 0.387 e. The SMILES string of the molecule is COc1ccc(CN(C)C(=O)COC(=O)c2ccccc2OC(F)F)cc1F. The van der Waals surface area contributed by atoms with Crippen LogP contribution in [0.15, 0.2) is 42.5 Å². The van der Waals surface area contributed by atoms with Crippen LogP contribution in [0.4, 0.5) is 13.2 Å². The van der Waals surface area contributed by atoms with E-state index in [4.69, 9.17) is 9.47 Å². The molecule has 2 aromatic rings. The van der Waals surface area contributed by atoms with Gasteiger partial charge in [-0.2, -0.15) is 8.78 Å². The molecule has 1 amide bonds. The molecule has 2 aromatic carbocycles. The van der Waals surface area contributed by atoms with Gasteiger partial charge in [-0.15, -0.1) is 0 Å². The lowest BCUT2D eigenvalue weighted by Gasteiger charge is -2.18. The first-order chi connectivity index (χ1) is 13.3. The normalized spacial score (nSPS) is 10.5. The maximum atomic E-state index is 13.7. The predicted octanol–water partition coefficient (Wildman–Crippen LogP) is 3.25. The van der Waals surface area contributed by atoms with Crippen molar-refractivity contribution in [1.82, 2.24) is 4.90 Å². The number of rotatable bonds is 8. The molecule has 2 rings (SSSR count). The van der Waals surface area contributed by atoms with Gasteiger partial charge in [-0.25, -0.2) is 9.18 Å². The molecule has 150 valence electrons. The summed E-state index contributed by atoms with van der Waals surface area (Å²) in [5.41, 5.74) is 0.284. The van der Waals surface area contributed by atoms with Crippen molar-refractivity contribution >= 4 is 11.9 Å². The van der Waals surface area contributed by atoms with Gasteiger partial charge in [-0.3, -0.25) is 4.79 Å². The third-order valence-electron chi connectivity index (χ3n) is 3.71. The summed E-state index contributed by atoms with van der Waals surface area (Å²) in [6.07, 6.45) is 0. The molecule has 0 heterocycles. The first-order valence-corrected chi connectivity index (χ1v) is 8.09. The monoisotopic (exact) mass is 397 g/mol. The van der Waals surface area contributed by atoms with E-state index in [1.54, 1.807) is 6.07 Å². The number of alkyl halides is 2. The van der Waals surface area contributed by atoms with Gasteiger partial charge in [0, 0.05) is 13.6 Å². The topological polar surface area (TPSA) is 65.1 Å². The van der Waals surface area contributed by atoms with E-state index >= 15 is 0 Å². The quantitative estimate of drug-likeness (QED) is 0.640.